The Morgan fingerprint density at radius 1 is 0.975 bits per heavy atom. The highest BCUT2D eigenvalue weighted by atomic mass is 32.1. The zero-order chi connectivity index (χ0) is 27.6. The van der Waals surface area contributed by atoms with Gasteiger partial charge in [0, 0.05) is 18.3 Å². The fourth-order valence-electron chi connectivity index (χ4n) is 5.18. The minimum atomic E-state index is -0.359. The minimum Gasteiger partial charge on any atom is -0.457 e. The number of urea groups is 1. The number of ether oxygens (including phenoxy) is 1. The van der Waals surface area contributed by atoms with Crippen LogP contribution < -0.4 is 25.6 Å². The average molecular weight is 554 g/mol. The van der Waals surface area contributed by atoms with Crippen LogP contribution in [0.15, 0.2) is 79.5 Å². The molecule has 1 saturated carbocycles. The van der Waals surface area contributed by atoms with Crippen LogP contribution in [0.1, 0.15) is 35.4 Å². The first-order valence-corrected chi connectivity index (χ1v) is 13.9. The summed E-state index contributed by atoms with van der Waals surface area (Å²) < 4.78 is 5.89. The first kappa shape index (κ1) is 25.6. The number of carbonyl (C=O) groups excluding carboxylic acids is 3. The smallest absolute Gasteiger partial charge is 0.331 e. The van der Waals surface area contributed by atoms with E-state index < -0.39 is 0 Å². The van der Waals surface area contributed by atoms with Crippen molar-refractivity contribution in [3.63, 3.8) is 0 Å². The maximum Gasteiger partial charge on any atom is 0.331 e. The van der Waals surface area contributed by atoms with E-state index in [0.717, 1.165) is 36.8 Å². The van der Waals surface area contributed by atoms with E-state index in [1.54, 1.807) is 17.2 Å². The van der Waals surface area contributed by atoms with Crippen molar-refractivity contribution in [2.45, 2.75) is 37.8 Å². The van der Waals surface area contributed by atoms with E-state index in [4.69, 9.17) is 4.74 Å². The zero-order valence-corrected chi connectivity index (χ0v) is 22.4. The van der Waals surface area contributed by atoms with Gasteiger partial charge < -0.3 is 20.7 Å². The molecule has 2 aromatic carbocycles. The number of nitrogens with zero attached hydrogens (tertiary/aromatic N) is 2. The number of aromatic nitrogens is 1. The van der Waals surface area contributed by atoms with Crippen LogP contribution in [-0.2, 0) is 4.79 Å². The zero-order valence-electron chi connectivity index (χ0n) is 21.6. The van der Waals surface area contributed by atoms with E-state index >= 15 is 0 Å². The molecule has 4 amide bonds. The number of nitrogens with one attached hydrogen (secondary N) is 3. The summed E-state index contributed by atoms with van der Waals surface area (Å²) in [7, 11) is 0. The van der Waals surface area contributed by atoms with Gasteiger partial charge in [0.05, 0.1) is 22.4 Å². The van der Waals surface area contributed by atoms with Crippen molar-refractivity contribution in [3.8, 4) is 11.5 Å². The van der Waals surface area contributed by atoms with Crippen LogP contribution >= 0.6 is 11.3 Å². The van der Waals surface area contributed by atoms with Crippen molar-refractivity contribution >= 4 is 56.5 Å². The number of rotatable bonds is 7. The molecule has 0 bridgehead atoms. The molecular formula is C30H27N5O4S. The fourth-order valence-corrected chi connectivity index (χ4v) is 6.20. The monoisotopic (exact) mass is 553 g/mol. The number of carbonyl (C=O) groups is 3. The Hall–Kier alpha value is -4.70. The van der Waals surface area contributed by atoms with E-state index in [-0.39, 0.29) is 29.9 Å². The predicted octanol–water partition coefficient (Wildman–Crippen LogP) is 6.12. The molecule has 40 heavy (non-hydrogen) atoms. The molecule has 6 rings (SSSR count). The van der Waals surface area contributed by atoms with Crippen LogP contribution in [0.2, 0.25) is 0 Å². The van der Waals surface area contributed by atoms with Gasteiger partial charge in [-0.3, -0.25) is 14.5 Å². The number of amides is 4. The van der Waals surface area contributed by atoms with Crippen molar-refractivity contribution in [3.05, 3.63) is 84.4 Å². The largest absolute Gasteiger partial charge is 0.457 e. The van der Waals surface area contributed by atoms with Gasteiger partial charge in [0.25, 0.3) is 5.91 Å². The topological polar surface area (TPSA) is 113 Å². The van der Waals surface area contributed by atoms with Crippen molar-refractivity contribution < 1.29 is 19.1 Å². The summed E-state index contributed by atoms with van der Waals surface area (Å²) in [6, 6.07) is 18.2. The average Bonchev–Trinajstić information content (AvgIpc) is 3.35. The molecule has 4 aromatic rings. The van der Waals surface area contributed by atoms with Gasteiger partial charge in [-0.05, 0) is 74.2 Å². The molecule has 0 saturated heterocycles. The van der Waals surface area contributed by atoms with Gasteiger partial charge in [-0.15, -0.1) is 11.3 Å². The van der Waals surface area contributed by atoms with Gasteiger partial charge in [0.2, 0.25) is 5.91 Å². The first-order chi connectivity index (χ1) is 19.5. The van der Waals surface area contributed by atoms with E-state index in [1.807, 2.05) is 54.6 Å². The Labute approximate surface area is 234 Å². The molecule has 1 aliphatic carbocycles. The third-order valence-electron chi connectivity index (χ3n) is 7.12. The summed E-state index contributed by atoms with van der Waals surface area (Å²) >= 11 is 1.26. The lowest BCUT2D eigenvalue weighted by Gasteiger charge is -2.30. The van der Waals surface area contributed by atoms with Crippen LogP contribution in [0.3, 0.4) is 0 Å². The Balaban J connectivity index is 1.21. The molecule has 0 unspecified atom stereocenters. The molecule has 1 fully saturated rings. The number of benzene rings is 2. The van der Waals surface area contributed by atoms with E-state index in [9.17, 15) is 14.4 Å². The highest BCUT2D eigenvalue weighted by Gasteiger charge is 2.33. The third-order valence-corrected chi connectivity index (χ3v) is 8.22. The fraction of sp³-hybridized carbons (Fsp3) is 0.200. The minimum absolute atomic E-state index is 0.0124. The van der Waals surface area contributed by atoms with Crippen molar-refractivity contribution in [2.24, 2.45) is 0 Å². The summed E-state index contributed by atoms with van der Waals surface area (Å²) in [6.07, 6.45) is 5.97. The summed E-state index contributed by atoms with van der Waals surface area (Å²) in [5.41, 5.74) is 1.81. The van der Waals surface area contributed by atoms with E-state index in [1.165, 1.54) is 17.4 Å². The summed E-state index contributed by atoms with van der Waals surface area (Å²) in [5, 5.41) is 9.71. The van der Waals surface area contributed by atoms with Crippen molar-refractivity contribution in [2.75, 3.05) is 10.2 Å². The number of hydrogen-bond donors (Lipinski definition) is 3. The molecule has 1 aliphatic heterocycles. The molecule has 10 heteroatoms. The summed E-state index contributed by atoms with van der Waals surface area (Å²) in [6.45, 7) is 3.49. The van der Waals surface area contributed by atoms with E-state index in [0.29, 0.717) is 32.5 Å². The predicted molar refractivity (Wildman–Crippen MR) is 156 cm³/mol. The van der Waals surface area contributed by atoms with Crippen LogP contribution in [0.4, 0.5) is 21.9 Å². The van der Waals surface area contributed by atoms with Crippen LogP contribution in [0, 0.1) is 0 Å². The van der Waals surface area contributed by atoms with E-state index in [2.05, 4.69) is 27.5 Å². The van der Waals surface area contributed by atoms with Gasteiger partial charge in [0.1, 0.15) is 21.2 Å². The van der Waals surface area contributed by atoms with Gasteiger partial charge in [-0.25, -0.2) is 9.78 Å². The Kier molecular flexibility index (Phi) is 6.91. The molecule has 2 aliphatic rings. The first-order valence-electron chi connectivity index (χ1n) is 13.1. The molecule has 3 heterocycles. The number of para-hydroxylation sites is 1. The normalized spacial score (nSPS) is 18.1. The molecule has 3 N–H and O–H groups in total. The number of thiophene rings is 1. The molecule has 2 aromatic heterocycles. The maximum atomic E-state index is 13.4. The Morgan fingerprint density at radius 2 is 1.65 bits per heavy atom. The van der Waals surface area contributed by atoms with Gasteiger partial charge in [0.15, 0.2) is 0 Å². The lowest BCUT2D eigenvalue weighted by Crippen LogP contribution is -2.43. The van der Waals surface area contributed by atoms with Gasteiger partial charge >= 0.3 is 6.03 Å². The summed E-state index contributed by atoms with van der Waals surface area (Å²) in [5.74, 6) is 0.961. The second-order valence-corrected chi connectivity index (χ2v) is 10.7. The number of hydrogen-bond acceptors (Lipinski definition) is 6. The molecular weight excluding hydrogens is 526 g/mol. The lowest BCUT2D eigenvalue weighted by molar-refractivity contribution is -0.117. The van der Waals surface area contributed by atoms with Crippen LogP contribution in [-0.4, -0.2) is 34.9 Å². The third kappa shape index (κ3) is 5.01. The second kappa shape index (κ2) is 10.8. The number of anilines is 3. The lowest BCUT2D eigenvalue weighted by atomic mass is 9.91. The van der Waals surface area contributed by atoms with Crippen molar-refractivity contribution in [1.29, 1.82) is 0 Å². The standard InChI is InChI=1S/C30H27N5O4S/c1-2-24(36)32-18-8-10-19(11-9-18)33-28(37)27-26-25-23(16-17-31-29(25)40-27)35(30(38)34-26)20-12-14-22(15-13-20)39-21-6-4-3-5-7-21/h2-7,12-19H,1,8-11H2,(H,32,36)(H,33,37)(H,34,38)/t18-,19-. The highest BCUT2D eigenvalue weighted by Crippen LogP contribution is 2.46. The molecule has 0 radical (unpaired) electrons. The Bertz CT molecular complexity index is 1590. The van der Waals surface area contributed by atoms with Crippen LogP contribution in [0.5, 0.6) is 11.5 Å². The van der Waals surface area contributed by atoms with Gasteiger partial charge in [-0.1, -0.05) is 24.8 Å². The Morgan fingerprint density at radius 3 is 2.35 bits per heavy atom. The summed E-state index contributed by atoms with van der Waals surface area (Å²) in [4.78, 5) is 45.5. The maximum absolute atomic E-state index is 13.4. The molecule has 0 atom stereocenters. The quantitative estimate of drug-likeness (QED) is 0.239. The SMILES string of the molecule is C=CC(=O)N[C@H]1CC[C@H](NC(=O)c2sc3nccc4c3c2NC(=O)N4c2ccc(Oc3ccccc3)cc2)CC1. The van der Waals surface area contributed by atoms with Crippen LogP contribution in [0.25, 0.3) is 10.2 Å². The van der Waals surface area contributed by atoms with Gasteiger partial charge in [-0.2, -0.15) is 0 Å². The van der Waals surface area contributed by atoms with Crippen molar-refractivity contribution in [1.82, 2.24) is 15.6 Å². The molecule has 9 nitrogen and oxygen atoms in total. The highest BCUT2D eigenvalue weighted by molar-refractivity contribution is 7.21. The number of pyridine rings is 1. The second-order valence-electron chi connectivity index (χ2n) is 9.73. The molecule has 0 spiro atoms. The molecule has 202 valence electrons.